The van der Waals surface area contributed by atoms with Crippen LogP contribution < -0.4 is 5.32 Å². The number of ether oxygens (including phenoxy) is 1. The summed E-state index contributed by atoms with van der Waals surface area (Å²) in [5.74, 6) is 1.01. The second-order valence-corrected chi connectivity index (χ2v) is 6.20. The van der Waals surface area contributed by atoms with Crippen molar-refractivity contribution in [1.82, 2.24) is 5.32 Å². The highest BCUT2D eigenvalue weighted by Gasteiger charge is 2.30. The van der Waals surface area contributed by atoms with E-state index in [-0.39, 0.29) is 11.6 Å². The van der Waals surface area contributed by atoms with E-state index in [0.29, 0.717) is 0 Å². The van der Waals surface area contributed by atoms with Gasteiger partial charge in [-0.2, -0.15) is 0 Å². The highest BCUT2D eigenvalue weighted by atomic mass is 16.5. The number of rotatable bonds is 3. The molecular weight excluding hydrogens is 262 g/mol. The number of hydrogen-bond donors (Lipinski definition) is 1. The lowest BCUT2D eigenvalue weighted by Crippen LogP contribution is -2.42. The van der Waals surface area contributed by atoms with Gasteiger partial charge >= 0.3 is 0 Å². The first-order valence-corrected chi connectivity index (χ1v) is 8.04. The molecule has 1 saturated heterocycles. The van der Waals surface area contributed by atoms with Crippen LogP contribution in [0.5, 0.6) is 0 Å². The van der Waals surface area contributed by atoms with Gasteiger partial charge in [0.05, 0.1) is 0 Å². The fourth-order valence-electron chi connectivity index (χ4n) is 3.13. The zero-order chi connectivity index (χ0) is 14.9. The minimum atomic E-state index is 0.0146. The highest BCUT2D eigenvalue weighted by Crippen LogP contribution is 2.34. The first-order chi connectivity index (χ1) is 10.2. The van der Waals surface area contributed by atoms with Gasteiger partial charge in [-0.15, -0.1) is 0 Å². The van der Waals surface area contributed by atoms with Crippen LogP contribution in [0.1, 0.15) is 51.0 Å². The molecule has 3 nitrogen and oxygen atoms in total. The third-order valence-corrected chi connectivity index (χ3v) is 4.84. The summed E-state index contributed by atoms with van der Waals surface area (Å²) in [5.41, 5.74) is 2.43. The van der Waals surface area contributed by atoms with Gasteiger partial charge in [0.1, 0.15) is 17.4 Å². The third-order valence-electron chi connectivity index (χ3n) is 4.84. The van der Waals surface area contributed by atoms with Crippen LogP contribution >= 0.6 is 0 Å². The van der Waals surface area contributed by atoms with Crippen LogP contribution in [0, 0.1) is 0 Å². The lowest BCUT2D eigenvalue weighted by molar-refractivity contribution is 0.0506. The van der Waals surface area contributed by atoms with E-state index in [1.807, 2.05) is 12.1 Å². The zero-order valence-electron chi connectivity index (χ0n) is 13.2. The highest BCUT2D eigenvalue weighted by molar-refractivity contribution is 5.82. The van der Waals surface area contributed by atoms with Crippen molar-refractivity contribution < 1.29 is 9.15 Å². The molecule has 2 aromatic rings. The van der Waals surface area contributed by atoms with E-state index in [9.17, 15) is 0 Å². The number of fused-ring (bicyclic) bond motifs is 1. The standard InChI is InChI=1S/C18H25NO2/c1-4-13-14-8-6-7-9-15(14)21-17(13)16-12-19-18(3,5-2)10-11-20-16/h6-9,16,19H,4-5,10-12H2,1-3H3. The second kappa shape index (κ2) is 5.82. The molecule has 0 radical (unpaired) electrons. The van der Waals surface area contributed by atoms with E-state index >= 15 is 0 Å². The Kier molecular flexibility index (Phi) is 4.05. The molecule has 0 amide bonds. The normalized spacial score (nSPS) is 26.9. The van der Waals surface area contributed by atoms with Crippen LogP contribution in [-0.4, -0.2) is 18.7 Å². The summed E-state index contributed by atoms with van der Waals surface area (Å²) < 4.78 is 12.2. The molecule has 1 aliphatic heterocycles. The molecule has 2 unspecified atom stereocenters. The first-order valence-electron chi connectivity index (χ1n) is 8.04. The van der Waals surface area contributed by atoms with Crippen molar-refractivity contribution in [1.29, 1.82) is 0 Å². The maximum Gasteiger partial charge on any atom is 0.138 e. The van der Waals surface area contributed by atoms with Crippen molar-refractivity contribution in [3.8, 4) is 0 Å². The molecule has 1 N–H and O–H groups in total. The van der Waals surface area contributed by atoms with E-state index in [4.69, 9.17) is 9.15 Å². The van der Waals surface area contributed by atoms with Crippen molar-refractivity contribution in [2.45, 2.75) is 51.7 Å². The minimum absolute atomic E-state index is 0.0146. The maximum absolute atomic E-state index is 6.12. The van der Waals surface area contributed by atoms with Crippen LogP contribution in [0.4, 0.5) is 0 Å². The molecule has 3 rings (SSSR count). The smallest absolute Gasteiger partial charge is 0.138 e. The van der Waals surface area contributed by atoms with Crippen LogP contribution in [0.25, 0.3) is 11.0 Å². The molecule has 2 heterocycles. The average Bonchev–Trinajstić information content (AvgIpc) is 2.77. The first kappa shape index (κ1) is 14.6. The summed E-state index contributed by atoms with van der Waals surface area (Å²) in [4.78, 5) is 0. The number of furan rings is 1. The predicted molar refractivity (Wildman–Crippen MR) is 85.6 cm³/mol. The summed E-state index contributed by atoms with van der Waals surface area (Å²) in [7, 11) is 0. The van der Waals surface area contributed by atoms with Crippen LogP contribution in [-0.2, 0) is 11.2 Å². The van der Waals surface area contributed by atoms with Crippen molar-refractivity contribution in [2.75, 3.05) is 13.2 Å². The molecule has 2 atom stereocenters. The van der Waals surface area contributed by atoms with Gasteiger partial charge in [0, 0.05) is 29.6 Å². The molecule has 21 heavy (non-hydrogen) atoms. The van der Waals surface area contributed by atoms with Crippen molar-refractivity contribution >= 4 is 11.0 Å². The number of para-hydroxylation sites is 1. The lowest BCUT2D eigenvalue weighted by atomic mass is 9.95. The van der Waals surface area contributed by atoms with Gasteiger partial charge in [-0.05, 0) is 32.3 Å². The molecule has 3 heteroatoms. The van der Waals surface area contributed by atoms with Crippen LogP contribution in [0.3, 0.4) is 0 Å². The van der Waals surface area contributed by atoms with E-state index < -0.39 is 0 Å². The SMILES string of the molecule is CCc1c(C2CNC(C)(CC)CCO2)oc2ccccc12. The lowest BCUT2D eigenvalue weighted by Gasteiger charge is -2.27. The van der Waals surface area contributed by atoms with Gasteiger partial charge < -0.3 is 14.5 Å². The minimum Gasteiger partial charge on any atom is -0.458 e. The van der Waals surface area contributed by atoms with Gasteiger partial charge in [0.2, 0.25) is 0 Å². The Balaban J connectivity index is 1.93. The van der Waals surface area contributed by atoms with Crippen LogP contribution in [0.15, 0.2) is 28.7 Å². The number of benzene rings is 1. The zero-order valence-corrected chi connectivity index (χ0v) is 13.2. The molecule has 1 aliphatic rings. The van der Waals surface area contributed by atoms with E-state index in [1.165, 1.54) is 10.9 Å². The number of aryl methyl sites for hydroxylation is 1. The van der Waals surface area contributed by atoms with E-state index in [1.54, 1.807) is 0 Å². The van der Waals surface area contributed by atoms with Crippen molar-refractivity contribution in [3.63, 3.8) is 0 Å². The quantitative estimate of drug-likeness (QED) is 0.918. The van der Waals surface area contributed by atoms with Crippen LogP contribution in [0.2, 0.25) is 0 Å². The summed E-state index contributed by atoms with van der Waals surface area (Å²) >= 11 is 0. The third kappa shape index (κ3) is 2.72. The van der Waals surface area contributed by atoms with Crippen molar-refractivity contribution in [3.05, 3.63) is 35.6 Å². The summed E-state index contributed by atoms with van der Waals surface area (Å²) in [6.45, 7) is 8.28. The molecule has 0 aliphatic carbocycles. The summed E-state index contributed by atoms with van der Waals surface area (Å²) in [6.07, 6.45) is 3.14. The summed E-state index contributed by atoms with van der Waals surface area (Å²) in [6, 6.07) is 8.27. The second-order valence-electron chi connectivity index (χ2n) is 6.20. The van der Waals surface area contributed by atoms with Crippen molar-refractivity contribution in [2.24, 2.45) is 0 Å². The Morgan fingerprint density at radius 3 is 2.86 bits per heavy atom. The predicted octanol–water partition coefficient (Wildman–Crippen LogP) is 4.21. The molecular formula is C18H25NO2. The Hall–Kier alpha value is -1.32. The fraction of sp³-hybridized carbons (Fsp3) is 0.556. The molecule has 1 aromatic heterocycles. The molecule has 0 saturated carbocycles. The average molecular weight is 287 g/mol. The maximum atomic E-state index is 6.12. The molecule has 114 valence electrons. The molecule has 0 spiro atoms. The van der Waals surface area contributed by atoms with E-state index in [2.05, 4.69) is 38.2 Å². The molecule has 0 bridgehead atoms. The van der Waals surface area contributed by atoms with Gasteiger partial charge in [-0.1, -0.05) is 32.0 Å². The Morgan fingerprint density at radius 1 is 1.29 bits per heavy atom. The van der Waals surface area contributed by atoms with Gasteiger partial charge in [-0.25, -0.2) is 0 Å². The van der Waals surface area contributed by atoms with E-state index in [0.717, 1.165) is 43.8 Å². The summed E-state index contributed by atoms with van der Waals surface area (Å²) in [5, 5.41) is 4.89. The number of hydrogen-bond acceptors (Lipinski definition) is 3. The Morgan fingerprint density at radius 2 is 2.10 bits per heavy atom. The van der Waals surface area contributed by atoms with Gasteiger partial charge in [0.25, 0.3) is 0 Å². The number of nitrogens with one attached hydrogen (secondary N) is 1. The Labute approximate surface area is 126 Å². The fourth-order valence-corrected chi connectivity index (χ4v) is 3.13. The molecule has 1 aromatic carbocycles. The van der Waals surface area contributed by atoms with Gasteiger partial charge in [0.15, 0.2) is 0 Å². The molecule has 1 fully saturated rings. The monoisotopic (exact) mass is 287 g/mol. The van der Waals surface area contributed by atoms with Gasteiger partial charge in [-0.3, -0.25) is 0 Å². The topological polar surface area (TPSA) is 34.4 Å². The largest absolute Gasteiger partial charge is 0.458 e. The Bertz CT molecular complexity index is 619.